The van der Waals surface area contributed by atoms with Gasteiger partial charge in [0.15, 0.2) is 0 Å². The lowest BCUT2D eigenvalue weighted by atomic mass is 9.90. The highest BCUT2D eigenvalue weighted by atomic mass is 16.4. The summed E-state index contributed by atoms with van der Waals surface area (Å²) in [7, 11) is 0. The van der Waals surface area contributed by atoms with Gasteiger partial charge in [0, 0.05) is 11.1 Å². The maximum absolute atomic E-state index is 12.8. The molecule has 0 radical (unpaired) electrons. The Morgan fingerprint density at radius 3 is 2.19 bits per heavy atom. The molecule has 162 valence electrons. The minimum absolute atomic E-state index is 0.0865. The summed E-state index contributed by atoms with van der Waals surface area (Å²) in [4.78, 5) is 25.0. The first-order chi connectivity index (χ1) is 15.4. The fourth-order valence-electron chi connectivity index (χ4n) is 3.37. The molecule has 0 spiro atoms. The second-order valence-electron chi connectivity index (χ2n) is 7.40. The highest BCUT2D eigenvalue weighted by Crippen LogP contribution is 2.18. The number of amidine groups is 1. The van der Waals surface area contributed by atoms with Crippen LogP contribution in [0.25, 0.3) is 6.08 Å². The van der Waals surface area contributed by atoms with E-state index < -0.39 is 17.9 Å². The van der Waals surface area contributed by atoms with Crippen molar-refractivity contribution in [3.8, 4) is 0 Å². The van der Waals surface area contributed by atoms with Crippen LogP contribution in [0.4, 0.5) is 0 Å². The molecule has 6 nitrogen and oxygen atoms in total. The Kier molecular flexibility index (Phi) is 7.54. The molecule has 0 aliphatic rings. The van der Waals surface area contributed by atoms with Crippen LogP contribution in [0.3, 0.4) is 0 Å². The van der Waals surface area contributed by atoms with Gasteiger partial charge >= 0.3 is 5.97 Å². The van der Waals surface area contributed by atoms with Crippen molar-refractivity contribution in [2.75, 3.05) is 0 Å². The maximum Gasteiger partial charge on any atom is 0.309 e. The number of carbonyl (C=O) groups is 2. The quantitative estimate of drug-likeness (QED) is 0.308. The van der Waals surface area contributed by atoms with Gasteiger partial charge in [-0.05, 0) is 35.7 Å². The van der Waals surface area contributed by atoms with E-state index in [4.69, 9.17) is 11.1 Å². The Balaban J connectivity index is 1.91. The van der Waals surface area contributed by atoms with Crippen molar-refractivity contribution in [2.24, 2.45) is 11.7 Å². The van der Waals surface area contributed by atoms with E-state index in [2.05, 4.69) is 5.32 Å². The van der Waals surface area contributed by atoms with Crippen LogP contribution in [0.5, 0.6) is 0 Å². The number of nitrogens with one attached hydrogen (secondary N) is 2. The molecule has 2 unspecified atom stereocenters. The summed E-state index contributed by atoms with van der Waals surface area (Å²) in [6.45, 7) is 0. The molecule has 3 aromatic carbocycles. The fourth-order valence-corrected chi connectivity index (χ4v) is 3.37. The summed E-state index contributed by atoms with van der Waals surface area (Å²) in [5, 5.41) is 20.5. The van der Waals surface area contributed by atoms with Crippen LogP contribution in [0.15, 0.2) is 91.0 Å². The molecule has 0 aromatic heterocycles. The van der Waals surface area contributed by atoms with Gasteiger partial charge in [-0.2, -0.15) is 0 Å². The van der Waals surface area contributed by atoms with Crippen LogP contribution in [-0.4, -0.2) is 28.9 Å². The van der Waals surface area contributed by atoms with Gasteiger partial charge in [0.1, 0.15) is 5.84 Å². The SMILES string of the molecule is N=C(N)c1cccc(CC(C(=O)O)C(C=Cc2ccccc2)NC(=O)c2ccccc2)c1. The molecule has 3 rings (SSSR count). The number of carbonyl (C=O) groups excluding carboxylic acids is 1. The normalized spacial score (nSPS) is 12.8. The summed E-state index contributed by atoms with van der Waals surface area (Å²) >= 11 is 0. The zero-order chi connectivity index (χ0) is 22.9. The molecule has 6 heteroatoms. The van der Waals surface area contributed by atoms with Crippen LogP contribution in [0.2, 0.25) is 0 Å². The summed E-state index contributed by atoms with van der Waals surface area (Å²) in [6, 6.07) is 24.3. The second kappa shape index (κ2) is 10.7. The van der Waals surface area contributed by atoms with Gasteiger partial charge in [-0.1, -0.05) is 78.9 Å². The van der Waals surface area contributed by atoms with E-state index in [-0.39, 0.29) is 18.2 Å². The van der Waals surface area contributed by atoms with Crippen molar-refractivity contribution in [1.29, 1.82) is 5.41 Å². The molecule has 0 heterocycles. The third-order valence-corrected chi connectivity index (χ3v) is 5.07. The number of carboxylic acid groups (broad SMARTS) is 1. The average molecular weight is 428 g/mol. The smallest absolute Gasteiger partial charge is 0.309 e. The average Bonchev–Trinajstić information content (AvgIpc) is 2.81. The van der Waals surface area contributed by atoms with Crippen LogP contribution in [0, 0.1) is 11.3 Å². The van der Waals surface area contributed by atoms with Crippen molar-refractivity contribution in [3.05, 3.63) is 113 Å². The Hall–Kier alpha value is -4.19. The van der Waals surface area contributed by atoms with Gasteiger partial charge < -0.3 is 16.2 Å². The third kappa shape index (κ3) is 6.15. The van der Waals surface area contributed by atoms with Crippen molar-refractivity contribution in [3.63, 3.8) is 0 Å². The van der Waals surface area contributed by atoms with E-state index in [1.165, 1.54) is 0 Å². The van der Waals surface area contributed by atoms with E-state index in [9.17, 15) is 14.7 Å². The van der Waals surface area contributed by atoms with Gasteiger partial charge in [-0.15, -0.1) is 0 Å². The highest BCUT2D eigenvalue weighted by Gasteiger charge is 2.28. The monoisotopic (exact) mass is 427 g/mol. The van der Waals surface area contributed by atoms with Crippen molar-refractivity contribution >= 4 is 23.8 Å². The number of hydrogen-bond acceptors (Lipinski definition) is 3. The van der Waals surface area contributed by atoms with Gasteiger partial charge in [0.05, 0.1) is 12.0 Å². The third-order valence-electron chi connectivity index (χ3n) is 5.07. The molecule has 3 aromatic rings. The summed E-state index contributed by atoms with van der Waals surface area (Å²) in [6.07, 6.45) is 3.68. The first-order valence-corrected chi connectivity index (χ1v) is 10.2. The molecular weight excluding hydrogens is 402 g/mol. The maximum atomic E-state index is 12.8. The molecule has 32 heavy (non-hydrogen) atoms. The Labute approximate surface area is 186 Å². The number of carboxylic acids is 1. The number of hydrogen-bond donors (Lipinski definition) is 4. The zero-order valence-corrected chi connectivity index (χ0v) is 17.4. The number of nitrogens with two attached hydrogens (primary N) is 1. The molecule has 0 aliphatic carbocycles. The van der Waals surface area contributed by atoms with Gasteiger partial charge in [-0.3, -0.25) is 15.0 Å². The van der Waals surface area contributed by atoms with Crippen LogP contribution in [-0.2, 0) is 11.2 Å². The second-order valence-corrected chi connectivity index (χ2v) is 7.40. The van der Waals surface area contributed by atoms with Gasteiger partial charge in [0.25, 0.3) is 5.91 Å². The predicted molar refractivity (Wildman–Crippen MR) is 125 cm³/mol. The van der Waals surface area contributed by atoms with E-state index >= 15 is 0 Å². The van der Waals surface area contributed by atoms with Crippen LogP contribution >= 0.6 is 0 Å². The molecule has 0 saturated carbocycles. The van der Waals surface area contributed by atoms with Crippen LogP contribution < -0.4 is 11.1 Å². The molecule has 0 bridgehead atoms. The zero-order valence-electron chi connectivity index (χ0n) is 17.4. The lowest BCUT2D eigenvalue weighted by Gasteiger charge is -2.23. The number of nitrogen functional groups attached to an aromatic ring is 1. The number of amides is 1. The number of benzene rings is 3. The lowest BCUT2D eigenvalue weighted by Crippen LogP contribution is -2.43. The van der Waals surface area contributed by atoms with Crippen LogP contribution in [0.1, 0.15) is 27.0 Å². The minimum Gasteiger partial charge on any atom is -0.481 e. The Morgan fingerprint density at radius 1 is 0.938 bits per heavy atom. The largest absolute Gasteiger partial charge is 0.481 e. The molecular formula is C26H25N3O3. The van der Waals surface area contributed by atoms with E-state index in [0.717, 1.165) is 11.1 Å². The highest BCUT2D eigenvalue weighted by molar-refractivity contribution is 5.95. The molecule has 1 amide bonds. The molecule has 0 fully saturated rings. The Morgan fingerprint density at radius 2 is 1.56 bits per heavy atom. The predicted octanol–water partition coefficient (Wildman–Crippen LogP) is 3.73. The fraction of sp³-hybridized carbons (Fsp3) is 0.115. The van der Waals surface area contributed by atoms with Gasteiger partial charge in [-0.25, -0.2) is 0 Å². The lowest BCUT2D eigenvalue weighted by molar-refractivity contribution is -0.142. The molecule has 0 aliphatic heterocycles. The summed E-state index contributed by atoms with van der Waals surface area (Å²) < 4.78 is 0. The van der Waals surface area contributed by atoms with Crippen molar-refractivity contribution in [1.82, 2.24) is 5.32 Å². The first kappa shape index (κ1) is 22.5. The first-order valence-electron chi connectivity index (χ1n) is 10.2. The van der Waals surface area contributed by atoms with Crippen molar-refractivity contribution in [2.45, 2.75) is 12.5 Å². The summed E-state index contributed by atoms with van der Waals surface area (Å²) in [5.74, 6) is -2.40. The molecule has 0 saturated heterocycles. The Bertz CT molecular complexity index is 1110. The minimum atomic E-state index is -1.03. The molecule has 5 N–H and O–H groups in total. The van der Waals surface area contributed by atoms with E-state index in [1.807, 2.05) is 36.4 Å². The van der Waals surface area contributed by atoms with E-state index in [0.29, 0.717) is 11.1 Å². The number of aliphatic carboxylic acids is 1. The summed E-state index contributed by atoms with van der Waals surface area (Å²) in [5.41, 5.74) is 8.17. The standard InChI is InChI=1S/C26H25N3O3/c27-24(28)21-13-7-10-19(16-21)17-22(26(31)32)23(15-14-18-8-3-1-4-9-18)29-25(30)20-11-5-2-6-12-20/h1-16,22-23H,17H2,(H3,27,28)(H,29,30)(H,31,32). The molecule has 2 atom stereocenters. The van der Waals surface area contributed by atoms with Gasteiger partial charge in [0.2, 0.25) is 0 Å². The van der Waals surface area contributed by atoms with Crippen molar-refractivity contribution < 1.29 is 14.7 Å². The van der Waals surface area contributed by atoms with E-state index in [1.54, 1.807) is 60.7 Å². The topological polar surface area (TPSA) is 116 Å². The number of rotatable bonds is 9.